The Morgan fingerprint density at radius 2 is 2.00 bits per heavy atom. The number of hydrogen-bond donors (Lipinski definition) is 1. The summed E-state index contributed by atoms with van der Waals surface area (Å²) in [7, 11) is 0. The lowest BCUT2D eigenvalue weighted by atomic mass is 10.0. The molecule has 1 aromatic carbocycles. The van der Waals surface area contributed by atoms with Crippen molar-refractivity contribution in [3.63, 3.8) is 0 Å². The third-order valence-electron chi connectivity index (χ3n) is 3.55. The van der Waals surface area contributed by atoms with Gasteiger partial charge in [-0.05, 0) is 42.8 Å². The number of hydrogen-bond acceptors (Lipinski definition) is 4. The molecule has 1 unspecified atom stereocenters. The van der Waals surface area contributed by atoms with Crippen LogP contribution in [0.25, 0.3) is 0 Å². The minimum absolute atomic E-state index is 0.152. The number of anilines is 1. The molecule has 1 aliphatic rings. The van der Waals surface area contributed by atoms with Gasteiger partial charge in [0.2, 0.25) is 0 Å². The number of halogens is 1. The number of aromatic nitrogens is 1. The van der Waals surface area contributed by atoms with Gasteiger partial charge in [0.15, 0.2) is 0 Å². The maximum Gasteiger partial charge on any atom is 0.149 e. The largest absolute Gasteiger partial charge is 0.330 e. The van der Waals surface area contributed by atoms with Crippen molar-refractivity contribution in [1.82, 2.24) is 4.98 Å². The molecular weight excluding hydrogens is 284 g/mol. The van der Waals surface area contributed by atoms with E-state index in [2.05, 4.69) is 4.98 Å². The highest BCUT2D eigenvalue weighted by Crippen LogP contribution is 2.34. The Morgan fingerprint density at radius 1 is 1.19 bits per heavy atom. The molecule has 0 spiro atoms. The predicted molar refractivity (Wildman–Crippen MR) is 86.6 cm³/mol. The summed E-state index contributed by atoms with van der Waals surface area (Å²) in [6, 6.07) is 13.9. The highest BCUT2D eigenvalue weighted by molar-refractivity contribution is 6.30. The van der Waals surface area contributed by atoms with E-state index in [0.717, 1.165) is 29.4 Å². The normalized spacial score (nSPS) is 17.9. The molecule has 0 saturated carbocycles. The van der Waals surface area contributed by atoms with Gasteiger partial charge in [0.05, 0.1) is 6.04 Å². The molecule has 2 heterocycles. The Balaban J connectivity index is 1.93. The summed E-state index contributed by atoms with van der Waals surface area (Å²) in [6.07, 6.45) is 3.47. The Hall–Kier alpha value is -1.91. The standard InChI is InChI=1S/C16H17ClN4/c17-13-6-4-12(5-7-13)15-11-14(8-9-18)20-21(15)16-3-1-2-10-19-16/h1-7,10,15H,8-9,11,18H2. The molecule has 0 amide bonds. The van der Waals surface area contributed by atoms with Crippen LogP contribution < -0.4 is 10.7 Å². The van der Waals surface area contributed by atoms with E-state index in [4.69, 9.17) is 22.4 Å². The van der Waals surface area contributed by atoms with Crippen LogP contribution in [0.1, 0.15) is 24.4 Å². The molecule has 0 fully saturated rings. The number of hydrazone groups is 1. The zero-order chi connectivity index (χ0) is 14.7. The number of pyridine rings is 1. The van der Waals surface area contributed by atoms with Crippen molar-refractivity contribution in [1.29, 1.82) is 0 Å². The van der Waals surface area contributed by atoms with Crippen LogP contribution in [0.3, 0.4) is 0 Å². The van der Waals surface area contributed by atoms with Crippen molar-refractivity contribution >= 4 is 23.1 Å². The van der Waals surface area contributed by atoms with Gasteiger partial charge in [0, 0.05) is 23.4 Å². The van der Waals surface area contributed by atoms with Crippen LogP contribution >= 0.6 is 11.6 Å². The molecule has 21 heavy (non-hydrogen) atoms. The average Bonchev–Trinajstić information content (AvgIpc) is 2.93. The molecular formula is C16H17ClN4. The first-order valence-corrected chi connectivity index (χ1v) is 7.38. The topological polar surface area (TPSA) is 54.5 Å². The number of benzene rings is 1. The monoisotopic (exact) mass is 300 g/mol. The van der Waals surface area contributed by atoms with Gasteiger partial charge in [-0.2, -0.15) is 5.10 Å². The SMILES string of the molecule is NCCC1=NN(c2ccccn2)C(c2ccc(Cl)cc2)C1. The minimum atomic E-state index is 0.152. The van der Waals surface area contributed by atoms with E-state index < -0.39 is 0 Å². The second kappa shape index (κ2) is 6.24. The fourth-order valence-corrected chi connectivity index (χ4v) is 2.66. The molecule has 108 valence electrons. The summed E-state index contributed by atoms with van der Waals surface area (Å²) in [6.45, 7) is 0.613. The summed E-state index contributed by atoms with van der Waals surface area (Å²) < 4.78 is 0. The van der Waals surface area contributed by atoms with E-state index in [1.54, 1.807) is 6.20 Å². The summed E-state index contributed by atoms with van der Waals surface area (Å²) in [5, 5.41) is 7.42. The molecule has 1 atom stereocenters. The predicted octanol–water partition coefficient (Wildman–Crippen LogP) is 3.39. The fourth-order valence-electron chi connectivity index (χ4n) is 2.54. The zero-order valence-electron chi connectivity index (χ0n) is 11.6. The van der Waals surface area contributed by atoms with Crippen molar-refractivity contribution in [2.45, 2.75) is 18.9 Å². The van der Waals surface area contributed by atoms with Gasteiger partial charge >= 0.3 is 0 Å². The molecule has 1 aromatic heterocycles. The van der Waals surface area contributed by atoms with Gasteiger partial charge in [0.25, 0.3) is 0 Å². The minimum Gasteiger partial charge on any atom is -0.330 e. The summed E-state index contributed by atoms with van der Waals surface area (Å²) in [5.41, 5.74) is 7.96. The van der Waals surface area contributed by atoms with Crippen LogP contribution in [0.4, 0.5) is 5.82 Å². The lowest BCUT2D eigenvalue weighted by Crippen LogP contribution is -2.19. The second-order valence-electron chi connectivity index (χ2n) is 5.01. The average molecular weight is 301 g/mol. The van der Waals surface area contributed by atoms with Crippen LogP contribution in [0.2, 0.25) is 5.02 Å². The summed E-state index contributed by atoms with van der Waals surface area (Å²) in [5.74, 6) is 0.851. The molecule has 1 aliphatic heterocycles. The van der Waals surface area contributed by atoms with Gasteiger partial charge in [-0.15, -0.1) is 0 Å². The van der Waals surface area contributed by atoms with Gasteiger partial charge in [-0.1, -0.05) is 29.8 Å². The molecule has 5 heteroatoms. The van der Waals surface area contributed by atoms with Crippen LogP contribution in [0, 0.1) is 0 Å². The fraction of sp³-hybridized carbons (Fsp3) is 0.250. The quantitative estimate of drug-likeness (QED) is 0.941. The highest BCUT2D eigenvalue weighted by atomic mass is 35.5. The Labute approximate surface area is 129 Å². The van der Waals surface area contributed by atoms with Crippen LogP contribution in [-0.2, 0) is 0 Å². The van der Waals surface area contributed by atoms with Crippen LogP contribution in [0.15, 0.2) is 53.8 Å². The van der Waals surface area contributed by atoms with E-state index >= 15 is 0 Å². The first kappa shape index (κ1) is 14.0. The second-order valence-corrected chi connectivity index (χ2v) is 5.45. The van der Waals surface area contributed by atoms with E-state index in [0.29, 0.717) is 6.54 Å². The maximum atomic E-state index is 5.98. The molecule has 0 aliphatic carbocycles. The molecule has 3 rings (SSSR count). The van der Waals surface area contributed by atoms with Gasteiger partial charge in [-0.25, -0.2) is 9.99 Å². The first-order chi connectivity index (χ1) is 10.3. The lowest BCUT2D eigenvalue weighted by Gasteiger charge is -2.22. The summed E-state index contributed by atoms with van der Waals surface area (Å²) >= 11 is 5.98. The van der Waals surface area contributed by atoms with E-state index in [1.165, 1.54) is 5.56 Å². The Bertz CT molecular complexity index is 624. The van der Waals surface area contributed by atoms with Crippen molar-refractivity contribution in [3.8, 4) is 0 Å². The van der Waals surface area contributed by atoms with Gasteiger partial charge < -0.3 is 5.73 Å². The third-order valence-corrected chi connectivity index (χ3v) is 3.80. The number of nitrogens with two attached hydrogens (primary N) is 1. The zero-order valence-corrected chi connectivity index (χ0v) is 12.4. The summed E-state index contributed by atoms with van der Waals surface area (Å²) in [4.78, 5) is 4.41. The van der Waals surface area contributed by atoms with E-state index in [-0.39, 0.29) is 6.04 Å². The third kappa shape index (κ3) is 3.06. The number of nitrogens with zero attached hydrogens (tertiary/aromatic N) is 3. The van der Waals surface area contributed by atoms with Crippen molar-refractivity contribution in [2.75, 3.05) is 11.6 Å². The van der Waals surface area contributed by atoms with Crippen LogP contribution in [0.5, 0.6) is 0 Å². The van der Waals surface area contributed by atoms with Crippen molar-refractivity contribution in [2.24, 2.45) is 10.8 Å². The van der Waals surface area contributed by atoms with Crippen LogP contribution in [-0.4, -0.2) is 17.2 Å². The maximum absolute atomic E-state index is 5.98. The van der Waals surface area contributed by atoms with Gasteiger partial charge in [0.1, 0.15) is 5.82 Å². The van der Waals surface area contributed by atoms with E-state index in [1.807, 2.05) is 47.5 Å². The van der Waals surface area contributed by atoms with Crippen molar-refractivity contribution in [3.05, 3.63) is 59.2 Å². The van der Waals surface area contributed by atoms with E-state index in [9.17, 15) is 0 Å². The molecule has 0 saturated heterocycles. The lowest BCUT2D eigenvalue weighted by molar-refractivity contribution is 0.698. The Kier molecular flexibility index (Phi) is 4.18. The smallest absolute Gasteiger partial charge is 0.149 e. The molecule has 0 bridgehead atoms. The first-order valence-electron chi connectivity index (χ1n) is 7.00. The highest BCUT2D eigenvalue weighted by Gasteiger charge is 2.29. The Morgan fingerprint density at radius 3 is 2.67 bits per heavy atom. The molecule has 2 aromatic rings. The molecule has 4 nitrogen and oxygen atoms in total. The molecule has 0 radical (unpaired) electrons. The van der Waals surface area contributed by atoms with Gasteiger partial charge in [-0.3, -0.25) is 0 Å². The molecule has 2 N–H and O–H groups in total. The van der Waals surface area contributed by atoms with Crippen molar-refractivity contribution < 1.29 is 0 Å². The number of rotatable bonds is 4.